The van der Waals surface area contributed by atoms with Crippen LogP contribution in [0, 0.1) is 12.8 Å². The lowest BCUT2D eigenvalue weighted by molar-refractivity contribution is -0.175. The lowest BCUT2D eigenvalue weighted by atomic mass is 9.99. The van der Waals surface area contributed by atoms with Crippen molar-refractivity contribution in [2.75, 3.05) is 6.61 Å². The average molecular weight is 549 g/mol. The molecule has 0 bridgehead atoms. The number of rotatable bonds is 12. The van der Waals surface area contributed by atoms with Crippen molar-refractivity contribution in [2.45, 2.75) is 90.1 Å². The van der Waals surface area contributed by atoms with Gasteiger partial charge >= 0.3 is 11.9 Å². The summed E-state index contributed by atoms with van der Waals surface area (Å²) in [7, 11) is -4.19. The predicted octanol–water partition coefficient (Wildman–Crippen LogP) is 5.37. The lowest BCUT2D eigenvalue weighted by Crippen LogP contribution is -2.39. The molecule has 0 aliphatic heterocycles. The Bertz CT molecular complexity index is 1120. The van der Waals surface area contributed by atoms with Gasteiger partial charge in [0, 0.05) is 6.61 Å². The van der Waals surface area contributed by atoms with E-state index < -0.39 is 45.3 Å². The third-order valence-electron chi connectivity index (χ3n) is 5.15. The second-order valence-electron chi connectivity index (χ2n) is 11.2. The summed E-state index contributed by atoms with van der Waals surface area (Å²) in [6, 6.07) is 15.7. The molecular weight excluding hydrogens is 508 g/mol. The summed E-state index contributed by atoms with van der Waals surface area (Å²) in [6.45, 7) is 12.4. The highest BCUT2D eigenvalue weighted by Crippen LogP contribution is 2.25. The van der Waals surface area contributed by atoms with Gasteiger partial charge in [0.15, 0.2) is 5.92 Å². The summed E-state index contributed by atoms with van der Waals surface area (Å²) in [5.74, 6) is -3.00. The maximum absolute atomic E-state index is 13.1. The number of esters is 2. The molecule has 0 N–H and O–H groups in total. The summed E-state index contributed by atoms with van der Waals surface area (Å²) in [5.41, 5.74) is 0.128. The number of hydrogen-bond acceptors (Lipinski definition) is 8. The first kappa shape index (κ1) is 31.5. The SMILES string of the molecule is Cc1ccc(S(=O)(=O)O[C@H](CCOCc2ccccc2)CC(C(=O)OC(C)(C)C)C(=O)OC(C)(C)C)cc1. The van der Waals surface area contributed by atoms with Crippen LogP contribution in [0.2, 0.25) is 0 Å². The van der Waals surface area contributed by atoms with E-state index in [-0.39, 0.29) is 24.3 Å². The van der Waals surface area contributed by atoms with Crippen LogP contribution in [0.3, 0.4) is 0 Å². The Morgan fingerprint density at radius 3 is 1.84 bits per heavy atom. The minimum absolute atomic E-state index is 0.0237. The monoisotopic (exact) mass is 548 g/mol. The van der Waals surface area contributed by atoms with Gasteiger partial charge in [-0.3, -0.25) is 13.8 Å². The summed E-state index contributed by atoms with van der Waals surface area (Å²) >= 11 is 0. The van der Waals surface area contributed by atoms with Gasteiger partial charge in [0.25, 0.3) is 10.1 Å². The van der Waals surface area contributed by atoms with E-state index in [1.54, 1.807) is 53.7 Å². The highest BCUT2D eigenvalue weighted by atomic mass is 32.2. The molecule has 2 rings (SSSR count). The zero-order valence-corrected chi connectivity index (χ0v) is 24.2. The molecule has 0 saturated heterocycles. The Balaban J connectivity index is 2.27. The van der Waals surface area contributed by atoms with Crippen molar-refractivity contribution in [1.82, 2.24) is 0 Å². The fraction of sp³-hybridized carbons (Fsp3) is 0.517. The Morgan fingerprint density at radius 2 is 1.34 bits per heavy atom. The van der Waals surface area contributed by atoms with Crippen LogP contribution in [-0.2, 0) is 44.7 Å². The van der Waals surface area contributed by atoms with Gasteiger partial charge in [-0.05, 0) is 79.0 Å². The van der Waals surface area contributed by atoms with Crippen molar-refractivity contribution < 1.29 is 36.4 Å². The fourth-order valence-corrected chi connectivity index (χ4v) is 4.53. The molecule has 0 aliphatic carbocycles. The normalized spacial score (nSPS) is 13.3. The second kappa shape index (κ2) is 13.4. The minimum atomic E-state index is -4.19. The van der Waals surface area contributed by atoms with Gasteiger partial charge in [-0.25, -0.2) is 0 Å². The van der Waals surface area contributed by atoms with Gasteiger partial charge in [0.05, 0.1) is 17.6 Å². The van der Waals surface area contributed by atoms with Crippen LogP contribution >= 0.6 is 0 Å². The van der Waals surface area contributed by atoms with E-state index in [9.17, 15) is 18.0 Å². The number of carbonyl (C=O) groups is 2. The van der Waals surface area contributed by atoms with Crippen LogP contribution < -0.4 is 0 Å². The van der Waals surface area contributed by atoms with E-state index in [4.69, 9.17) is 18.4 Å². The molecule has 0 spiro atoms. The lowest BCUT2D eigenvalue weighted by Gasteiger charge is -2.28. The van der Waals surface area contributed by atoms with Crippen LogP contribution in [0.1, 0.15) is 65.5 Å². The van der Waals surface area contributed by atoms with E-state index in [2.05, 4.69) is 0 Å². The quantitative estimate of drug-likeness (QED) is 0.151. The molecule has 0 fully saturated rings. The maximum Gasteiger partial charge on any atom is 0.320 e. The predicted molar refractivity (Wildman–Crippen MR) is 144 cm³/mol. The van der Waals surface area contributed by atoms with Gasteiger partial charge in [0.2, 0.25) is 0 Å². The number of hydrogen-bond donors (Lipinski definition) is 0. The number of benzene rings is 2. The summed E-state index contributed by atoms with van der Waals surface area (Å²) in [5, 5.41) is 0. The zero-order valence-electron chi connectivity index (χ0n) is 23.4. The van der Waals surface area contributed by atoms with E-state index in [1.165, 1.54) is 12.1 Å². The highest BCUT2D eigenvalue weighted by molar-refractivity contribution is 7.86. The van der Waals surface area contributed by atoms with E-state index >= 15 is 0 Å². The Kier molecular flexibility index (Phi) is 11.1. The van der Waals surface area contributed by atoms with Crippen LogP contribution in [0.25, 0.3) is 0 Å². The Hall–Kier alpha value is -2.75. The van der Waals surface area contributed by atoms with Crippen LogP contribution in [0.15, 0.2) is 59.5 Å². The molecule has 0 aliphatic rings. The molecule has 0 unspecified atom stereocenters. The van der Waals surface area contributed by atoms with Crippen LogP contribution in [0.4, 0.5) is 0 Å². The third-order valence-corrected chi connectivity index (χ3v) is 6.52. The van der Waals surface area contributed by atoms with Crippen molar-refractivity contribution in [3.63, 3.8) is 0 Å². The number of carbonyl (C=O) groups excluding carboxylic acids is 2. The van der Waals surface area contributed by atoms with E-state index in [1.807, 2.05) is 37.3 Å². The van der Waals surface area contributed by atoms with Crippen molar-refractivity contribution in [3.05, 3.63) is 65.7 Å². The van der Waals surface area contributed by atoms with Crippen molar-refractivity contribution in [1.29, 1.82) is 0 Å². The van der Waals surface area contributed by atoms with E-state index in [0.717, 1.165) is 11.1 Å². The third kappa shape index (κ3) is 11.3. The number of ether oxygens (including phenoxy) is 3. The second-order valence-corrected chi connectivity index (χ2v) is 12.7. The molecule has 0 radical (unpaired) electrons. The van der Waals surface area contributed by atoms with Gasteiger partial charge in [-0.2, -0.15) is 8.42 Å². The molecule has 2 aromatic carbocycles. The first-order chi connectivity index (χ1) is 17.6. The minimum Gasteiger partial charge on any atom is -0.459 e. The Morgan fingerprint density at radius 1 is 0.816 bits per heavy atom. The van der Waals surface area contributed by atoms with Gasteiger partial charge in [0.1, 0.15) is 11.2 Å². The molecule has 9 heteroatoms. The van der Waals surface area contributed by atoms with Crippen molar-refractivity contribution in [2.24, 2.45) is 5.92 Å². The summed E-state index contributed by atoms with van der Waals surface area (Å²) in [6.07, 6.45) is -1.20. The molecule has 38 heavy (non-hydrogen) atoms. The number of aryl methyl sites for hydroxylation is 1. The van der Waals surface area contributed by atoms with Crippen LogP contribution in [-0.4, -0.2) is 44.3 Å². The molecule has 1 atom stereocenters. The van der Waals surface area contributed by atoms with Gasteiger partial charge in [-0.1, -0.05) is 48.0 Å². The molecule has 0 heterocycles. The molecule has 0 amide bonds. The van der Waals surface area contributed by atoms with Gasteiger partial charge < -0.3 is 14.2 Å². The zero-order chi connectivity index (χ0) is 28.6. The first-order valence-electron chi connectivity index (χ1n) is 12.6. The van der Waals surface area contributed by atoms with E-state index in [0.29, 0.717) is 6.61 Å². The largest absolute Gasteiger partial charge is 0.459 e. The Labute approximate surface area is 226 Å². The van der Waals surface area contributed by atoms with Crippen LogP contribution in [0.5, 0.6) is 0 Å². The first-order valence-corrected chi connectivity index (χ1v) is 14.0. The van der Waals surface area contributed by atoms with Gasteiger partial charge in [-0.15, -0.1) is 0 Å². The molecule has 2 aromatic rings. The smallest absolute Gasteiger partial charge is 0.320 e. The van der Waals surface area contributed by atoms with Crippen molar-refractivity contribution in [3.8, 4) is 0 Å². The topological polar surface area (TPSA) is 105 Å². The molecule has 0 aromatic heterocycles. The maximum atomic E-state index is 13.1. The summed E-state index contributed by atoms with van der Waals surface area (Å²) in [4.78, 5) is 26.1. The van der Waals surface area contributed by atoms with Crippen molar-refractivity contribution >= 4 is 22.1 Å². The fourth-order valence-electron chi connectivity index (χ4n) is 3.42. The standard InChI is InChI=1S/C29H40O8S/c1-21-13-15-24(16-14-21)38(32,33)37-23(17-18-34-20-22-11-9-8-10-12-22)19-25(26(30)35-28(2,3)4)27(31)36-29(5,6)7/h8-16,23,25H,17-20H2,1-7H3/t23-/m1/s1. The molecule has 210 valence electrons. The molecular formula is C29H40O8S. The molecule has 0 saturated carbocycles. The average Bonchev–Trinajstić information content (AvgIpc) is 2.78. The highest BCUT2D eigenvalue weighted by Gasteiger charge is 2.38. The summed E-state index contributed by atoms with van der Waals surface area (Å²) < 4.78 is 48.5. The molecule has 8 nitrogen and oxygen atoms in total.